The van der Waals surface area contributed by atoms with Crippen molar-refractivity contribution in [2.24, 2.45) is 11.1 Å². The molecule has 3 N–H and O–H groups in total. The molecule has 0 aliphatic rings. The van der Waals surface area contributed by atoms with Crippen molar-refractivity contribution in [3.8, 4) is 0 Å². The van der Waals surface area contributed by atoms with Gasteiger partial charge >= 0.3 is 0 Å². The van der Waals surface area contributed by atoms with E-state index in [-0.39, 0.29) is 29.6 Å². The zero-order chi connectivity index (χ0) is 11.5. The third-order valence-electron chi connectivity index (χ3n) is 2.24. The number of halogens is 1. The summed E-state index contributed by atoms with van der Waals surface area (Å²) < 4.78 is 0. The first-order valence-corrected chi connectivity index (χ1v) is 4.98. The molecule has 1 rings (SSSR count). The van der Waals surface area contributed by atoms with Crippen molar-refractivity contribution in [1.29, 1.82) is 0 Å². The van der Waals surface area contributed by atoms with Gasteiger partial charge in [0.2, 0.25) is 0 Å². The highest BCUT2D eigenvalue weighted by molar-refractivity contribution is 5.85. The van der Waals surface area contributed by atoms with Crippen LogP contribution in [0.4, 0.5) is 0 Å². The summed E-state index contributed by atoms with van der Waals surface area (Å²) in [4.78, 5) is 4.09. The second-order valence-electron chi connectivity index (χ2n) is 4.67. The summed E-state index contributed by atoms with van der Waals surface area (Å²) in [6.45, 7) is 5.96. The highest BCUT2D eigenvalue weighted by atomic mass is 35.5. The summed E-state index contributed by atoms with van der Waals surface area (Å²) in [5.74, 6) is 0.168. The van der Waals surface area contributed by atoms with Gasteiger partial charge in [0.1, 0.15) is 5.76 Å². The van der Waals surface area contributed by atoms with Gasteiger partial charge in [0.15, 0.2) is 0 Å². The number of nitrogens with two attached hydrogens (primary N) is 1. The lowest BCUT2D eigenvalue weighted by molar-refractivity contribution is 0.266. The maximum absolute atomic E-state index is 9.80. The third kappa shape index (κ3) is 4.21. The SMILES string of the molecule is CC(C)(C)[C@H](N)/C(O)=C/c1ccccn1.Cl. The standard InChI is InChI=1S/C12H18N2O.ClH/c1-12(2,3)11(13)10(15)8-9-6-4-5-7-14-9;/h4-8,11,15H,13H2,1-3H3;1H/b10-8-;/t11-;/m1./s1. The molecule has 3 nitrogen and oxygen atoms in total. The molecule has 0 saturated heterocycles. The highest BCUT2D eigenvalue weighted by Gasteiger charge is 2.23. The van der Waals surface area contributed by atoms with Gasteiger partial charge in [-0.15, -0.1) is 12.4 Å². The molecule has 1 aromatic heterocycles. The fraction of sp³-hybridized carbons (Fsp3) is 0.417. The quantitative estimate of drug-likeness (QED) is 0.784. The summed E-state index contributed by atoms with van der Waals surface area (Å²) >= 11 is 0. The number of aliphatic hydroxyl groups excluding tert-OH is 1. The topological polar surface area (TPSA) is 59.1 Å². The van der Waals surface area contributed by atoms with Crippen LogP contribution in [-0.2, 0) is 0 Å². The molecule has 0 aliphatic heterocycles. The van der Waals surface area contributed by atoms with Gasteiger partial charge in [-0.25, -0.2) is 0 Å². The minimum absolute atomic E-state index is 0. The Balaban J connectivity index is 0.00000225. The van der Waals surface area contributed by atoms with Crippen LogP contribution < -0.4 is 5.73 Å². The predicted molar refractivity (Wildman–Crippen MR) is 69.5 cm³/mol. The van der Waals surface area contributed by atoms with E-state index in [1.807, 2.05) is 39.0 Å². The lowest BCUT2D eigenvalue weighted by atomic mass is 9.86. The Labute approximate surface area is 103 Å². The van der Waals surface area contributed by atoms with E-state index in [0.717, 1.165) is 5.69 Å². The Morgan fingerprint density at radius 2 is 2.06 bits per heavy atom. The Bertz CT molecular complexity index is 344. The van der Waals surface area contributed by atoms with Crippen molar-refractivity contribution in [2.75, 3.05) is 0 Å². The van der Waals surface area contributed by atoms with Crippen molar-refractivity contribution >= 4 is 18.5 Å². The lowest BCUT2D eigenvalue weighted by Crippen LogP contribution is -2.36. The summed E-state index contributed by atoms with van der Waals surface area (Å²) in [7, 11) is 0. The fourth-order valence-corrected chi connectivity index (χ4v) is 1.15. The first-order valence-electron chi connectivity index (χ1n) is 4.98. The van der Waals surface area contributed by atoms with Crippen molar-refractivity contribution in [1.82, 2.24) is 4.98 Å². The second kappa shape index (κ2) is 5.87. The molecule has 0 radical (unpaired) electrons. The van der Waals surface area contributed by atoms with E-state index in [1.165, 1.54) is 0 Å². The van der Waals surface area contributed by atoms with Crippen LogP contribution in [0.1, 0.15) is 26.5 Å². The van der Waals surface area contributed by atoms with Gasteiger partial charge in [-0.2, -0.15) is 0 Å². The maximum atomic E-state index is 9.80. The molecule has 1 aromatic rings. The number of pyridine rings is 1. The molecule has 4 heteroatoms. The summed E-state index contributed by atoms with van der Waals surface area (Å²) in [6.07, 6.45) is 3.29. The van der Waals surface area contributed by atoms with Crippen molar-refractivity contribution in [2.45, 2.75) is 26.8 Å². The van der Waals surface area contributed by atoms with Gasteiger partial charge < -0.3 is 10.8 Å². The van der Waals surface area contributed by atoms with Crippen molar-refractivity contribution < 1.29 is 5.11 Å². The molecule has 16 heavy (non-hydrogen) atoms. The van der Waals surface area contributed by atoms with E-state index in [4.69, 9.17) is 5.73 Å². The normalized spacial score (nSPS) is 14.1. The molecule has 0 bridgehead atoms. The van der Waals surface area contributed by atoms with E-state index in [1.54, 1.807) is 12.3 Å². The first-order chi connectivity index (χ1) is 6.91. The van der Waals surface area contributed by atoms with Gasteiger partial charge in [-0.1, -0.05) is 26.8 Å². The molecule has 0 spiro atoms. The van der Waals surface area contributed by atoms with Crippen LogP contribution >= 0.6 is 12.4 Å². The molecule has 0 unspecified atom stereocenters. The van der Waals surface area contributed by atoms with Crippen LogP contribution in [0, 0.1) is 5.41 Å². The van der Waals surface area contributed by atoms with Crippen LogP contribution in [0.3, 0.4) is 0 Å². The molecule has 90 valence electrons. The third-order valence-corrected chi connectivity index (χ3v) is 2.24. The number of aromatic nitrogens is 1. The van der Waals surface area contributed by atoms with Gasteiger partial charge in [-0.05, 0) is 17.5 Å². The monoisotopic (exact) mass is 242 g/mol. The van der Waals surface area contributed by atoms with E-state index in [2.05, 4.69) is 4.98 Å². The van der Waals surface area contributed by atoms with Crippen LogP contribution in [0.15, 0.2) is 30.2 Å². The molecule has 0 aliphatic carbocycles. The largest absolute Gasteiger partial charge is 0.511 e. The van der Waals surface area contributed by atoms with Crippen LogP contribution in [0.25, 0.3) is 6.08 Å². The molecule has 1 atom stereocenters. The Kier molecular flexibility index (Phi) is 5.48. The van der Waals surface area contributed by atoms with E-state index in [9.17, 15) is 5.11 Å². The van der Waals surface area contributed by atoms with Gasteiger partial charge in [0, 0.05) is 12.3 Å². The molecular formula is C12H19ClN2O. The maximum Gasteiger partial charge on any atom is 0.112 e. The fourth-order valence-electron chi connectivity index (χ4n) is 1.15. The minimum Gasteiger partial charge on any atom is -0.511 e. The van der Waals surface area contributed by atoms with Gasteiger partial charge in [0.05, 0.1) is 11.7 Å². The van der Waals surface area contributed by atoms with E-state index >= 15 is 0 Å². The number of hydrogen-bond donors (Lipinski definition) is 2. The molecule has 0 amide bonds. The Hall–Kier alpha value is -1.06. The predicted octanol–water partition coefficient (Wildman–Crippen LogP) is 2.78. The number of nitrogens with zero attached hydrogens (tertiary/aromatic N) is 1. The van der Waals surface area contributed by atoms with E-state index < -0.39 is 0 Å². The average molecular weight is 243 g/mol. The van der Waals surface area contributed by atoms with Gasteiger partial charge in [-0.3, -0.25) is 4.98 Å². The molecule has 0 aromatic carbocycles. The molecule has 1 heterocycles. The average Bonchev–Trinajstić information content (AvgIpc) is 2.16. The van der Waals surface area contributed by atoms with Crippen LogP contribution in [0.5, 0.6) is 0 Å². The summed E-state index contributed by atoms with van der Waals surface area (Å²) in [6, 6.07) is 5.15. The Morgan fingerprint density at radius 3 is 2.50 bits per heavy atom. The molecular weight excluding hydrogens is 224 g/mol. The van der Waals surface area contributed by atoms with Crippen LogP contribution in [0.2, 0.25) is 0 Å². The number of rotatable bonds is 2. The zero-order valence-corrected chi connectivity index (χ0v) is 10.7. The first kappa shape index (κ1) is 14.9. The number of aliphatic hydroxyl groups is 1. The van der Waals surface area contributed by atoms with Gasteiger partial charge in [0.25, 0.3) is 0 Å². The number of hydrogen-bond acceptors (Lipinski definition) is 3. The van der Waals surface area contributed by atoms with Crippen molar-refractivity contribution in [3.05, 3.63) is 35.8 Å². The lowest BCUT2D eigenvalue weighted by Gasteiger charge is -2.26. The molecule has 0 fully saturated rings. The van der Waals surface area contributed by atoms with Crippen molar-refractivity contribution in [3.63, 3.8) is 0 Å². The second-order valence-corrected chi connectivity index (χ2v) is 4.67. The van der Waals surface area contributed by atoms with E-state index in [0.29, 0.717) is 0 Å². The molecule has 0 saturated carbocycles. The smallest absolute Gasteiger partial charge is 0.112 e. The summed E-state index contributed by atoms with van der Waals surface area (Å²) in [5.41, 5.74) is 6.46. The minimum atomic E-state index is -0.375. The highest BCUT2D eigenvalue weighted by Crippen LogP contribution is 2.22. The summed E-state index contributed by atoms with van der Waals surface area (Å²) in [5, 5.41) is 9.80. The zero-order valence-electron chi connectivity index (χ0n) is 9.84. The Morgan fingerprint density at radius 1 is 1.44 bits per heavy atom. The van der Waals surface area contributed by atoms with Crippen LogP contribution in [-0.4, -0.2) is 16.1 Å².